The molecule has 1 aliphatic heterocycles. The van der Waals surface area contributed by atoms with Crippen LogP contribution >= 0.6 is 11.3 Å². The molecule has 5 rings (SSSR count). The van der Waals surface area contributed by atoms with Gasteiger partial charge >= 0.3 is 0 Å². The number of amides is 2. The molecule has 202 valence electrons. The Morgan fingerprint density at radius 1 is 1.13 bits per heavy atom. The van der Waals surface area contributed by atoms with E-state index in [1.54, 1.807) is 17.6 Å². The predicted molar refractivity (Wildman–Crippen MR) is 151 cm³/mol. The molecule has 1 N–H and O–H groups in total. The average Bonchev–Trinajstić information content (AvgIpc) is 3.71. The maximum Gasteiger partial charge on any atom is 0.254 e. The van der Waals surface area contributed by atoms with E-state index < -0.39 is 5.92 Å². The highest BCUT2D eigenvalue weighted by Crippen LogP contribution is 2.44. The summed E-state index contributed by atoms with van der Waals surface area (Å²) in [7, 11) is 0. The Morgan fingerprint density at radius 3 is 2.66 bits per heavy atom. The molecule has 2 amide bonds. The van der Waals surface area contributed by atoms with Gasteiger partial charge in [-0.05, 0) is 60.4 Å². The molecule has 2 aliphatic rings. The summed E-state index contributed by atoms with van der Waals surface area (Å²) in [6, 6.07) is 16.0. The number of furan rings is 1. The number of nitrogens with zero attached hydrogens (tertiary/aromatic N) is 2. The smallest absolute Gasteiger partial charge is 0.254 e. The third-order valence-electron chi connectivity index (χ3n) is 7.82. The Hall–Kier alpha value is -2.90. The number of thiophene rings is 1. The van der Waals surface area contributed by atoms with Crippen molar-refractivity contribution in [1.29, 1.82) is 0 Å². The number of rotatable bonds is 11. The van der Waals surface area contributed by atoms with Gasteiger partial charge in [0.1, 0.15) is 5.76 Å². The van der Waals surface area contributed by atoms with Crippen LogP contribution in [-0.2, 0) is 11.3 Å². The van der Waals surface area contributed by atoms with Gasteiger partial charge in [0.2, 0.25) is 5.91 Å². The minimum Gasteiger partial charge on any atom is -0.468 e. The summed E-state index contributed by atoms with van der Waals surface area (Å²) in [5.41, 5.74) is 1.48. The fourth-order valence-electron chi connectivity index (χ4n) is 6.11. The van der Waals surface area contributed by atoms with E-state index >= 15 is 0 Å². The van der Waals surface area contributed by atoms with E-state index in [-0.39, 0.29) is 17.9 Å². The molecule has 1 aromatic carbocycles. The van der Waals surface area contributed by atoms with Gasteiger partial charge < -0.3 is 14.6 Å². The summed E-state index contributed by atoms with van der Waals surface area (Å²) in [6.07, 6.45) is 7.64. The molecule has 1 saturated carbocycles. The molecule has 0 spiro atoms. The van der Waals surface area contributed by atoms with Crippen molar-refractivity contribution >= 4 is 23.2 Å². The predicted octanol–water partition coefficient (Wildman–Crippen LogP) is 6.23. The van der Waals surface area contributed by atoms with Crippen LogP contribution < -0.4 is 5.32 Å². The van der Waals surface area contributed by atoms with Gasteiger partial charge in [-0.1, -0.05) is 51.0 Å². The minimum atomic E-state index is -0.435. The molecule has 3 aromatic rings. The fraction of sp³-hybridized carbons (Fsp3) is 0.484. The van der Waals surface area contributed by atoms with Gasteiger partial charge in [0.25, 0.3) is 5.91 Å². The lowest BCUT2D eigenvalue weighted by molar-refractivity contribution is -0.124. The van der Waals surface area contributed by atoms with Crippen LogP contribution in [-0.4, -0.2) is 47.3 Å². The van der Waals surface area contributed by atoms with Crippen molar-refractivity contribution in [3.63, 3.8) is 0 Å². The van der Waals surface area contributed by atoms with Crippen molar-refractivity contribution in [2.45, 2.75) is 70.5 Å². The van der Waals surface area contributed by atoms with Crippen LogP contribution in [0, 0.1) is 5.92 Å². The summed E-state index contributed by atoms with van der Waals surface area (Å²) in [5, 5.41) is 5.28. The highest BCUT2D eigenvalue weighted by molar-refractivity contribution is 7.10. The van der Waals surface area contributed by atoms with Crippen LogP contribution in [0.25, 0.3) is 0 Å². The molecular weight excluding hydrogens is 494 g/mol. The maximum absolute atomic E-state index is 13.9. The van der Waals surface area contributed by atoms with Crippen LogP contribution in [0.2, 0.25) is 0 Å². The van der Waals surface area contributed by atoms with Gasteiger partial charge in [-0.15, -0.1) is 11.3 Å². The Kier molecular flexibility index (Phi) is 8.65. The molecule has 0 saturated heterocycles. The van der Waals surface area contributed by atoms with E-state index in [1.165, 1.54) is 25.7 Å². The summed E-state index contributed by atoms with van der Waals surface area (Å²) in [5.74, 6) is 0.868. The Morgan fingerprint density at radius 2 is 1.95 bits per heavy atom. The lowest BCUT2D eigenvalue weighted by Gasteiger charge is -2.42. The SMILES string of the molecule is CC(C)CN1C(=O)c2ccccc2[C@@H](C(=O)NCCCN(Cc2ccco2)C2CCCC2)[C@@H]1c1cccs1. The van der Waals surface area contributed by atoms with E-state index in [9.17, 15) is 9.59 Å². The topological polar surface area (TPSA) is 65.8 Å². The number of carbonyl (C=O) groups is 2. The van der Waals surface area contributed by atoms with Gasteiger partial charge in [0.15, 0.2) is 0 Å². The van der Waals surface area contributed by atoms with Crippen LogP contribution in [0.4, 0.5) is 0 Å². The standard InChI is InChI=1S/C31H39N3O3S/c1-22(2)20-34-29(27-15-8-19-38-27)28(25-13-5-6-14-26(25)31(34)36)30(35)32-16-9-17-33(23-10-3-4-11-23)21-24-12-7-18-37-24/h5-8,12-15,18-19,22-23,28-29H,3-4,9-11,16-17,20-21H2,1-2H3,(H,32,35)/t28-,29+/m1/s1. The average molecular weight is 534 g/mol. The quantitative estimate of drug-likeness (QED) is 0.297. The fourth-order valence-corrected chi connectivity index (χ4v) is 6.99. The van der Waals surface area contributed by atoms with Gasteiger partial charge in [0, 0.05) is 36.1 Å². The van der Waals surface area contributed by atoms with E-state index in [1.807, 2.05) is 52.7 Å². The van der Waals surface area contributed by atoms with Crippen LogP contribution in [0.15, 0.2) is 64.6 Å². The Labute approximate surface area is 230 Å². The Bertz CT molecular complexity index is 1180. The second-order valence-corrected chi connectivity index (χ2v) is 12.0. The van der Waals surface area contributed by atoms with Gasteiger partial charge in [0.05, 0.1) is 24.8 Å². The van der Waals surface area contributed by atoms with E-state index in [2.05, 4.69) is 30.1 Å². The van der Waals surface area contributed by atoms with Crippen molar-refractivity contribution in [3.05, 3.63) is 81.9 Å². The van der Waals surface area contributed by atoms with Gasteiger partial charge in [-0.25, -0.2) is 0 Å². The highest BCUT2D eigenvalue weighted by atomic mass is 32.1. The first-order chi connectivity index (χ1) is 18.5. The first-order valence-electron chi connectivity index (χ1n) is 14.0. The number of carbonyl (C=O) groups excluding carboxylic acids is 2. The summed E-state index contributed by atoms with van der Waals surface area (Å²) >= 11 is 1.62. The third kappa shape index (κ3) is 5.89. The molecule has 0 bridgehead atoms. The molecule has 6 nitrogen and oxygen atoms in total. The number of benzene rings is 1. The summed E-state index contributed by atoms with van der Waals surface area (Å²) in [6.45, 7) is 7.19. The number of fused-ring (bicyclic) bond motifs is 1. The molecule has 38 heavy (non-hydrogen) atoms. The van der Waals surface area contributed by atoms with Gasteiger partial charge in [-0.3, -0.25) is 14.5 Å². The van der Waals surface area contributed by atoms with Crippen LogP contribution in [0.5, 0.6) is 0 Å². The molecule has 0 radical (unpaired) electrons. The zero-order valence-corrected chi connectivity index (χ0v) is 23.3. The van der Waals surface area contributed by atoms with E-state index in [0.717, 1.165) is 35.7 Å². The molecule has 0 unspecified atom stereocenters. The van der Waals surface area contributed by atoms with Crippen molar-refractivity contribution in [2.24, 2.45) is 5.92 Å². The molecule has 3 heterocycles. The Balaban J connectivity index is 1.31. The van der Waals surface area contributed by atoms with Crippen LogP contribution in [0.3, 0.4) is 0 Å². The summed E-state index contributed by atoms with van der Waals surface area (Å²) < 4.78 is 5.63. The van der Waals surface area contributed by atoms with E-state index in [4.69, 9.17) is 4.42 Å². The number of hydrogen-bond donors (Lipinski definition) is 1. The molecule has 7 heteroatoms. The van der Waals surface area contributed by atoms with E-state index in [0.29, 0.717) is 30.6 Å². The monoisotopic (exact) mass is 533 g/mol. The molecule has 1 aliphatic carbocycles. The van der Waals surface area contributed by atoms with Crippen LogP contribution in [0.1, 0.15) is 84.5 Å². The zero-order chi connectivity index (χ0) is 26.5. The lowest BCUT2D eigenvalue weighted by Crippen LogP contribution is -2.48. The number of hydrogen-bond acceptors (Lipinski definition) is 5. The maximum atomic E-state index is 13.9. The molecule has 1 fully saturated rings. The molecule has 2 atom stereocenters. The zero-order valence-electron chi connectivity index (χ0n) is 22.5. The first-order valence-corrected chi connectivity index (χ1v) is 14.9. The second-order valence-electron chi connectivity index (χ2n) is 11.0. The first kappa shape index (κ1) is 26.7. The minimum absolute atomic E-state index is 0.00411. The number of nitrogens with one attached hydrogen (secondary N) is 1. The van der Waals surface area contributed by atoms with Gasteiger partial charge in [-0.2, -0.15) is 0 Å². The van der Waals surface area contributed by atoms with Crippen molar-refractivity contribution in [2.75, 3.05) is 19.6 Å². The second kappa shape index (κ2) is 12.3. The summed E-state index contributed by atoms with van der Waals surface area (Å²) in [4.78, 5) is 33.0. The van der Waals surface area contributed by atoms with Crippen molar-refractivity contribution in [3.8, 4) is 0 Å². The molecular formula is C31H39N3O3S. The lowest BCUT2D eigenvalue weighted by atomic mass is 9.81. The highest BCUT2D eigenvalue weighted by Gasteiger charge is 2.44. The third-order valence-corrected chi connectivity index (χ3v) is 8.76. The largest absolute Gasteiger partial charge is 0.468 e. The van der Waals surface area contributed by atoms with Crippen molar-refractivity contribution < 1.29 is 14.0 Å². The molecule has 2 aromatic heterocycles. The van der Waals surface area contributed by atoms with Crippen molar-refractivity contribution in [1.82, 2.24) is 15.1 Å². The normalized spacial score (nSPS) is 19.9.